The van der Waals surface area contributed by atoms with E-state index in [1.807, 2.05) is 0 Å². The molecule has 0 aliphatic heterocycles. The lowest BCUT2D eigenvalue weighted by Crippen LogP contribution is -2.55. The van der Waals surface area contributed by atoms with E-state index in [0.29, 0.717) is 23.0 Å². The van der Waals surface area contributed by atoms with Crippen LogP contribution in [0, 0.1) is 23.2 Å². The normalized spacial score (nSPS) is 44.9. The maximum Gasteiger partial charge on any atom is 0.0867 e. The molecule has 0 saturated heterocycles. The molecule has 1 atom stereocenters. The summed E-state index contributed by atoms with van der Waals surface area (Å²) < 4.78 is 0. The maximum atomic E-state index is 5.60. The molecular formula is C14H24N2S. The summed E-state index contributed by atoms with van der Waals surface area (Å²) in [6.45, 7) is 3.06. The smallest absolute Gasteiger partial charge is 0.0867 e. The van der Waals surface area contributed by atoms with Crippen molar-refractivity contribution in [1.82, 2.24) is 5.32 Å². The molecule has 0 aromatic heterocycles. The van der Waals surface area contributed by atoms with Crippen molar-refractivity contribution in [2.24, 2.45) is 28.9 Å². The number of rotatable bonds is 4. The van der Waals surface area contributed by atoms with Crippen LogP contribution in [0.15, 0.2) is 0 Å². The zero-order valence-electron chi connectivity index (χ0n) is 10.7. The van der Waals surface area contributed by atoms with E-state index in [0.717, 1.165) is 17.8 Å². The van der Waals surface area contributed by atoms with Crippen molar-refractivity contribution >= 4 is 17.2 Å². The molecule has 0 heterocycles. The van der Waals surface area contributed by atoms with E-state index in [-0.39, 0.29) is 0 Å². The van der Waals surface area contributed by atoms with Crippen molar-refractivity contribution in [3.8, 4) is 0 Å². The highest BCUT2D eigenvalue weighted by atomic mass is 32.1. The topological polar surface area (TPSA) is 38.0 Å². The van der Waals surface area contributed by atoms with E-state index < -0.39 is 0 Å². The van der Waals surface area contributed by atoms with Crippen LogP contribution in [0.5, 0.6) is 0 Å². The van der Waals surface area contributed by atoms with Crippen LogP contribution in [-0.4, -0.2) is 17.6 Å². The predicted octanol–water partition coefficient (Wildman–Crippen LogP) is 2.47. The summed E-state index contributed by atoms with van der Waals surface area (Å²) in [6, 6.07) is 0.581. The minimum absolute atomic E-state index is 0.569. The van der Waals surface area contributed by atoms with Crippen LogP contribution in [0.2, 0.25) is 0 Å². The Labute approximate surface area is 110 Å². The summed E-state index contributed by atoms with van der Waals surface area (Å²) in [6.07, 6.45) is 8.89. The Morgan fingerprint density at radius 3 is 2.12 bits per heavy atom. The second-order valence-electron chi connectivity index (χ2n) is 6.85. The van der Waals surface area contributed by atoms with Gasteiger partial charge < -0.3 is 11.1 Å². The number of nitrogens with two attached hydrogens (primary N) is 1. The van der Waals surface area contributed by atoms with Crippen LogP contribution in [0.4, 0.5) is 0 Å². The highest BCUT2D eigenvalue weighted by Crippen LogP contribution is 2.61. The molecule has 0 spiro atoms. The zero-order chi connectivity index (χ0) is 12.0. The molecule has 0 radical (unpaired) electrons. The van der Waals surface area contributed by atoms with Gasteiger partial charge in [0.2, 0.25) is 0 Å². The molecule has 2 nitrogen and oxygen atoms in total. The van der Waals surface area contributed by atoms with Crippen molar-refractivity contribution in [3.63, 3.8) is 0 Å². The van der Waals surface area contributed by atoms with Gasteiger partial charge >= 0.3 is 0 Å². The number of nitrogens with one attached hydrogen (secondary N) is 1. The van der Waals surface area contributed by atoms with E-state index in [9.17, 15) is 0 Å². The molecule has 96 valence electrons. The summed E-state index contributed by atoms with van der Waals surface area (Å²) in [7, 11) is 0. The van der Waals surface area contributed by atoms with Crippen LogP contribution >= 0.6 is 12.2 Å². The van der Waals surface area contributed by atoms with Crippen LogP contribution in [-0.2, 0) is 0 Å². The summed E-state index contributed by atoms with van der Waals surface area (Å²) in [5.41, 5.74) is 6.17. The lowest BCUT2D eigenvalue weighted by Gasteiger charge is -2.59. The first kappa shape index (κ1) is 11.9. The van der Waals surface area contributed by atoms with Gasteiger partial charge in [-0.25, -0.2) is 0 Å². The molecule has 3 N–H and O–H groups in total. The fourth-order valence-electron chi connectivity index (χ4n) is 5.18. The molecule has 0 aromatic rings. The maximum absolute atomic E-state index is 5.60. The van der Waals surface area contributed by atoms with Gasteiger partial charge in [-0.1, -0.05) is 12.2 Å². The molecule has 0 aromatic carbocycles. The predicted molar refractivity (Wildman–Crippen MR) is 74.9 cm³/mol. The highest BCUT2D eigenvalue weighted by molar-refractivity contribution is 7.80. The zero-order valence-corrected chi connectivity index (χ0v) is 11.6. The van der Waals surface area contributed by atoms with Crippen molar-refractivity contribution in [1.29, 1.82) is 0 Å². The number of hydrogen-bond acceptors (Lipinski definition) is 2. The Morgan fingerprint density at radius 1 is 1.24 bits per heavy atom. The van der Waals surface area contributed by atoms with Crippen LogP contribution in [0.3, 0.4) is 0 Å². The lowest BCUT2D eigenvalue weighted by atomic mass is 9.48. The molecular weight excluding hydrogens is 228 g/mol. The van der Waals surface area contributed by atoms with Gasteiger partial charge in [-0.05, 0) is 68.6 Å². The van der Waals surface area contributed by atoms with E-state index in [2.05, 4.69) is 12.2 Å². The van der Waals surface area contributed by atoms with Gasteiger partial charge in [0.25, 0.3) is 0 Å². The minimum Gasteiger partial charge on any atom is -0.392 e. The Morgan fingerprint density at radius 2 is 1.71 bits per heavy atom. The molecule has 4 bridgehead atoms. The van der Waals surface area contributed by atoms with Crippen molar-refractivity contribution in [2.75, 3.05) is 6.54 Å². The highest BCUT2D eigenvalue weighted by Gasteiger charge is 2.52. The molecule has 4 fully saturated rings. The summed E-state index contributed by atoms with van der Waals surface area (Å²) >= 11 is 4.97. The first-order chi connectivity index (χ1) is 8.07. The van der Waals surface area contributed by atoms with Gasteiger partial charge in [-0.3, -0.25) is 0 Å². The van der Waals surface area contributed by atoms with Gasteiger partial charge in [-0.2, -0.15) is 0 Å². The molecule has 4 saturated carbocycles. The van der Waals surface area contributed by atoms with Gasteiger partial charge in [0.05, 0.1) is 4.99 Å². The molecule has 4 aliphatic carbocycles. The molecule has 17 heavy (non-hydrogen) atoms. The van der Waals surface area contributed by atoms with Crippen LogP contribution < -0.4 is 11.1 Å². The van der Waals surface area contributed by atoms with Crippen LogP contribution in [0.1, 0.15) is 45.4 Å². The van der Waals surface area contributed by atoms with Crippen molar-refractivity contribution < 1.29 is 0 Å². The van der Waals surface area contributed by atoms with Gasteiger partial charge in [0.15, 0.2) is 0 Å². The third-order valence-electron chi connectivity index (χ3n) is 5.59. The summed E-state index contributed by atoms with van der Waals surface area (Å²) in [5, 5.41) is 3.57. The summed E-state index contributed by atoms with van der Waals surface area (Å²) in [4.78, 5) is 0.599. The average Bonchev–Trinajstić information content (AvgIpc) is 2.23. The Kier molecular flexibility index (Phi) is 2.94. The van der Waals surface area contributed by atoms with E-state index in [1.54, 1.807) is 0 Å². The molecule has 0 amide bonds. The molecule has 3 heteroatoms. The Hall–Kier alpha value is -0.150. The van der Waals surface area contributed by atoms with Gasteiger partial charge in [-0.15, -0.1) is 0 Å². The fraction of sp³-hybridized carbons (Fsp3) is 0.929. The second-order valence-corrected chi connectivity index (χ2v) is 7.37. The Bertz CT molecular complexity index is 291. The first-order valence-corrected chi connectivity index (χ1v) is 7.50. The summed E-state index contributed by atoms with van der Waals surface area (Å²) in [5.74, 6) is 3.07. The van der Waals surface area contributed by atoms with Crippen molar-refractivity contribution in [2.45, 2.75) is 51.5 Å². The molecule has 4 aliphatic rings. The lowest BCUT2D eigenvalue weighted by molar-refractivity contribution is -0.0696. The first-order valence-electron chi connectivity index (χ1n) is 7.09. The number of hydrogen-bond donors (Lipinski definition) is 2. The molecule has 4 rings (SSSR count). The minimum atomic E-state index is 0.569. The molecule has 1 unspecified atom stereocenters. The third kappa shape index (κ3) is 2.12. The second kappa shape index (κ2) is 4.20. The number of thiocarbonyl (C=S) groups is 1. The average molecular weight is 252 g/mol. The largest absolute Gasteiger partial charge is 0.392 e. The van der Waals surface area contributed by atoms with E-state index in [1.165, 1.54) is 38.5 Å². The van der Waals surface area contributed by atoms with E-state index >= 15 is 0 Å². The van der Waals surface area contributed by atoms with Gasteiger partial charge in [0, 0.05) is 12.6 Å². The SMILES string of the molecule is CC(NCC(N)=S)C12CC3CC(CC(C3)C1)C2. The standard InChI is InChI=1S/C14H24N2S/c1-9(16-8-13(15)17)14-5-10-2-11(6-14)4-12(3-10)7-14/h9-12,16H,2-8H2,1H3,(H2,15,17). The van der Waals surface area contributed by atoms with Crippen LogP contribution in [0.25, 0.3) is 0 Å². The monoisotopic (exact) mass is 252 g/mol. The fourth-order valence-corrected chi connectivity index (χ4v) is 5.26. The third-order valence-corrected chi connectivity index (χ3v) is 5.73. The van der Waals surface area contributed by atoms with Crippen molar-refractivity contribution in [3.05, 3.63) is 0 Å². The Balaban J connectivity index is 1.70. The van der Waals surface area contributed by atoms with Gasteiger partial charge in [0.1, 0.15) is 0 Å². The quantitative estimate of drug-likeness (QED) is 0.755. The van der Waals surface area contributed by atoms with E-state index in [4.69, 9.17) is 18.0 Å².